The average Bonchev–Trinajstić information content (AvgIpc) is 3.07. The van der Waals surface area contributed by atoms with Crippen molar-refractivity contribution < 1.29 is 32.1 Å². The highest BCUT2D eigenvalue weighted by Gasteiger charge is 2.32. The van der Waals surface area contributed by atoms with E-state index in [1.165, 1.54) is 18.2 Å². The summed E-state index contributed by atoms with van der Waals surface area (Å²) < 4.78 is 57.1. The van der Waals surface area contributed by atoms with E-state index in [0.717, 1.165) is 0 Å². The van der Waals surface area contributed by atoms with Gasteiger partial charge in [0.05, 0.1) is 12.2 Å². The number of hydrogen-bond acceptors (Lipinski definition) is 5. The normalized spacial score (nSPS) is 13.4. The number of anilines is 1. The van der Waals surface area contributed by atoms with Crippen molar-refractivity contribution in [3.05, 3.63) is 42.5 Å². The Kier molecular flexibility index (Phi) is 5.43. The van der Waals surface area contributed by atoms with Crippen molar-refractivity contribution >= 4 is 11.6 Å². The zero-order valence-corrected chi connectivity index (χ0v) is 14.0. The van der Waals surface area contributed by atoms with Gasteiger partial charge in [-0.05, 0) is 24.3 Å². The molecular formula is C17H16F3N3O4. The third-order valence-corrected chi connectivity index (χ3v) is 3.36. The smallest absolute Gasteiger partial charge is 0.492 e. The first-order chi connectivity index (χ1) is 12.9. The van der Waals surface area contributed by atoms with Crippen LogP contribution in [0.4, 0.5) is 18.9 Å². The highest BCUT2D eigenvalue weighted by Crippen LogP contribution is 2.35. The number of nitrogens with zero attached hydrogens (tertiary/aromatic N) is 1. The van der Waals surface area contributed by atoms with Gasteiger partial charge in [-0.25, -0.2) is 4.99 Å². The standard InChI is InChI=1S/C17H16F3N3O4/c18-17(19,20)27-13-4-2-1-3-12(13)23-16(21)22-7-8-24-11-5-6-14-15(9-11)26-10-25-14/h1-6,9H,7-8,10H2,(H3,21,22,23). The summed E-state index contributed by atoms with van der Waals surface area (Å²) in [5.74, 6) is 1.35. The second-order valence-corrected chi connectivity index (χ2v) is 5.30. The van der Waals surface area contributed by atoms with Crippen LogP contribution in [0.2, 0.25) is 0 Å². The van der Waals surface area contributed by atoms with Crippen molar-refractivity contribution in [1.82, 2.24) is 0 Å². The number of ether oxygens (including phenoxy) is 4. The molecule has 2 aromatic carbocycles. The summed E-state index contributed by atoms with van der Waals surface area (Å²) in [7, 11) is 0. The molecule has 0 amide bonds. The number of halogens is 3. The number of aliphatic imine (C=N–C) groups is 1. The summed E-state index contributed by atoms with van der Waals surface area (Å²) in [5, 5.41) is 2.58. The molecule has 1 heterocycles. The summed E-state index contributed by atoms with van der Waals surface area (Å²) in [6, 6.07) is 10.7. The maximum Gasteiger partial charge on any atom is 0.573 e. The fourth-order valence-electron chi connectivity index (χ4n) is 2.26. The Labute approximate surface area is 152 Å². The molecule has 1 aliphatic rings. The van der Waals surface area contributed by atoms with Crippen molar-refractivity contribution in [3.63, 3.8) is 0 Å². The lowest BCUT2D eigenvalue weighted by atomic mass is 10.3. The Hall–Kier alpha value is -3.30. The molecule has 7 nitrogen and oxygen atoms in total. The highest BCUT2D eigenvalue weighted by molar-refractivity contribution is 5.93. The van der Waals surface area contributed by atoms with Gasteiger partial charge in [-0.1, -0.05) is 12.1 Å². The maximum absolute atomic E-state index is 12.4. The van der Waals surface area contributed by atoms with Crippen LogP contribution in [-0.2, 0) is 0 Å². The summed E-state index contributed by atoms with van der Waals surface area (Å²) >= 11 is 0. The Morgan fingerprint density at radius 1 is 1.15 bits per heavy atom. The van der Waals surface area contributed by atoms with Crippen molar-refractivity contribution in [2.75, 3.05) is 25.3 Å². The van der Waals surface area contributed by atoms with E-state index in [0.29, 0.717) is 17.2 Å². The predicted molar refractivity (Wildman–Crippen MR) is 91.3 cm³/mol. The Morgan fingerprint density at radius 3 is 2.74 bits per heavy atom. The van der Waals surface area contributed by atoms with E-state index in [2.05, 4.69) is 15.0 Å². The first-order valence-corrected chi connectivity index (χ1v) is 7.85. The van der Waals surface area contributed by atoms with Gasteiger partial charge in [0.25, 0.3) is 0 Å². The van der Waals surface area contributed by atoms with Gasteiger partial charge in [0.1, 0.15) is 12.4 Å². The van der Waals surface area contributed by atoms with Gasteiger partial charge in [0.15, 0.2) is 23.2 Å². The van der Waals surface area contributed by atoms with Crippen LogP contribution in [0.1, 0.15) is 0 Å². The van der Waals surface area contributed by atoms with Crippen molar-refractivity contribution in [3.8, 4) is 23.0 Å². The van der Waals surface area contributed by atoms with E-state index in [1.54, 1.807) is 24.3 Å². The number of benzene rings is 2. The topological polar surface area (TPSA) is 87.3 Å². The number of rotatable bonds is 6. The fourth-order valence-corrected chi connectivity index (χ4v) is 2.26. The predicted octanol–water partition coefficient (Wildman–Crippen LogP) is 3.12. The van der Waals surface area contributed by atoms with Crippen LogP contribution in [-0.4, -0.2) is 32.3 Å². The van der Waals surface area contributed by atoms with E-state index < -0.39 is 12.1 Å². The van der Waals surface area contributed by atoms with E-state index in [-0.39, 0.29) is 31.6 Å². The average molecular weight is 383 g/mol. The minimum absolute atomic E-state index is 0.0489. The van der Waals surface area contributed by atoms with Crippen LogP contribution in [0.15, 0.2) is 47.5 Å². The second-order valence-electron chi connectivity index (χ2n) is 5.30. The number of fused-ring (bicyclic) bond motifs is 1. The number of guanidine groups is 1. The molecule has 2 aromatic rings. The second kappa shape index (κ2) is 7.94. The molecule has 0 saturated heterocycles. The third kappa shape index (κ3) is 5.33. The molecule has 3 rings (SSSR count). The van der Waals surface area contributed by atoms with Crippen LogP contribution in [0.25, 0.3) is 0 Å². The van der Waals surface area contributed by atoms with E-state index in [9.17, 15) is 13.2 Å². The molecule has 0 spiro atoms. The summed E-state index contributed by atoms with van der Waals surface area (Å²) in [4.78, 5) is 4.01. The van der Waals surface area contributed by atoms with Gasteiger partial charge in [0.2, 0.25) is 6.79 Å². The first kappa shape index (κ1) is 18.5. The molecule has 144 valence electrons. The number of hydrogen-bond donors (Lipinski definition) is 2. The Morgan fingerprint density at radius 2 is 1.93 bits per heavy atom. The molecule has 0 saturated carbocycles. The lowest BCUT2D eigenvalue weighted by Crippen LogP contribution is -2.25. The Bertz CT molecular complexity index is 827. The number of nitrogens with two attached hydrogens (primary N) is 1. The monoisotopic (exact) mass is 383 g/mol. The van der Waals surface area contributed by atoms with Crippen molar-refractivity contribution in [2.45, 2.75) is 6.36 Å². The van der Waals surface area contributed by atoms with E-state index in [1.807, 2.05) is 0 Å². The van der Waals surface area contributed by atoms with Crippen LogP contribution in [0.3, 0.4) is 0 Å². The quantitative estimate of drug-likeness (QED) is 0.453. The van der Waals surface area contributed by atoms with Gasteiger partial charge in [-0.3, -0.25) is 0 Å². The maximum atomic E-state index is 12.4. The van der Waals surface area contributed by atoms with Crippen LogP contribution >= 0.6 is 0 Å². The summed E-state index contributed by atoms with van der Waals surface area (Å²) in [6.07, 6.45) is -4.80. The van der Waals surface area contributed by atoms with Gasteiger partial charge >= 0.3 is 6.36 Å². The molecule has 1 aliphatic heterocycles. The third-order valence-electron chi connectivity index (χ3n) is 3.36. The highest BCUT2D eigenvalue weighted by atomic mass is 19.4. The van der Waals surface area contributed by atoms with Gasteiger partial charge in [0, 0.05) is 6.07 Å². The molecule has 0 bridgehead atoms. The molecule has 0 aromatic heterocycles. The Balaban J connectivity index is 1.51. The van der Waals surface area contributed by atoms with Gasteiger partial charge in [-0.2, -0.15) is 0 Å². The molecular weight excluding hydrogens is 367 g/mol. The largest absolute Gasteiger partial charge is 0.573 e. The van der Waals surface area contributed by atoms with Gasteiger partial charge in [-0.15, -0.1) is 13.2 Å². The molecule has 3 N–H and O–H groups in total. The lowest BCUT2D eigenvalue weighted by molar-refractivity contribution is -0.274. The lowest BCUT2D eigenvalue weighted by Gasteiger charge is -2.14. The fraction of sp³-hybridized carbons (Fsp3) is 0.235. The first-order valence-electron chi connectivity index (χ1n) is 7.85. The van der Waals surface area contributed by atoms with Crippen molar-refractivity contribution in [2.24, 2.45) is 10.7 Å². The minimum atomic E-state index is -4.80. The van der Waals surface area contributed by atoms with Crippen LogP contribution in [0, 0.1) is 0 Å². The molecule has 0 unspecified atom stereocenters. The zero-order chi connectivity index (χ0) is 19.3. The molecule has 10 heteroatoms. The number of alkyl halides is 3. The molecule has 0 aliphatic carbocycles. The minimum Gasteiger partial charge on any atom is -0.492 e. The summed E-state index contributed by atoms with van der Waals surface area (Å²) in [6.45, 7) is 0.573. The summed E-state index contributed by atoms with van der Waals surface area (Å²) in [5.41, 5.74) is 5.75. The molecule has 0 radical (unpaired) electrons. The number of para-hydroxylation sites is 2. The van der Waals surface area contributed by atoms with Crippen molar-refractivity contribution in [1.29, 1.82) is 0 Å². The van der Waals surface area contributed by atoms with Crippen LogP contribution < -0.4 is 30.0 Å². The molecule has 0 atom stereocenters. The van der Waals surface area contributed by atoms with E-state index >= 15 is 0 Å². The van der Waals surface area contributed by atoms with Gasteiger partial charge < -0.3 is 30.0 Å². The number of nitrogens with one attached hydrogen (secondary N) is 1. The zero-order valence-electron chi connectivity index (χ0n) is 14.0. The van der Waals surface area contributed by atoms with E-state index in [4.69, 9.17) is 19.9 Å². The SMILES string of the molecule is NC(=NCCOc1ccc2c(c1)OCO2)Nc1ccccc1OC(F)(F)F. The van der Waals surface area contributed by atoms with Crippen LogP contribution in [0.5, 0.6) is 23.0 Å². The molecule has 27 heavy (non-hydrogen) atoms. The molecule has 0 fully saturated rings.